The maximum Gasteiger partial charge on any atom is 0.201 e. The van der Waals surface area contributed by atoms with Crippen LogP contribution in [0.3, 0.4) is 0 Å². The van der Waals surface area contributed by atoms with Crippen LogP contribution in [0.25, 0.3) is 0 Å². The summed E-state index contributed by atoms with van der Waals surface area (Å²) in [4.78, 5) is 0. The Bertz CT molecular complexity index is 826. The maximum absolute atomic E-state index is 6.63. The van der Waals surface area contributed by atoms with Gasteiger partial charge in [0.2, 0.25) is 15.2 Å². The van der Waals surface area contributed by atoms with Gasteiger partial charge in [0.15, 0.2) is 0 Å². The van der Waals surface area contributed by atoms with E-state index in [9.17, 15) is 0 Å². The van der Waals surface area contributed by atoms with E-state index in [1.165, 1.54) is 13.8 Å². The van der Waals surface area contributed by atoms with Gasteiger partial charge in [-0.1, -0.05) is 214 Å². The van der Waals surface area contributed by atoms with Crippen molar-refractivity contribution in [3.05, 3.63) is 71.8 Å². The van der Waals surface area contributed by atoms with E-state index >= 15 is 0 Å². The quantitative estimate of drug-likeness (QED) is 0.280. The van der Waals surface area contributed by atoms with Gasteiger partial charge >= 0.3 is 0 Å². The van der Waals surface area contributed by atoms with Gasteiger partial charge in [-0.2, -0.15) is 0 Å². The van der Waals surface area contributed by atoms with Crippen molar-refractivity contribution in [3.8, 4) is 0 Å². The zero-order valence-corrected chi connectivity index (χ0v) is 25.9. The topological polar surface area (TPSA) is 0 Å². The van der Waals surface area contributed by atoms with Crippen molar-refractivity contribution in [1.29, 1.82) is 0 Å². The lowest BCUT2D eigenvalue weighted by Crippen LogP contribution is -2.71. The maximum atomic E-state index is 6.63. The highest BCUT2D eigenvalue weighted by Crippen LogP contribution is 2.78. The fourth-order valence-electron chi connectivity index (χ4n) is 4.37. The second kappa shape index (κ2) is 10.2. The minimum absolute atomic E-state index is 0.413. The van der Waals surface area contributed by atoms with E-state index < -0.39 is 31.4 Å². The summed E-state index contributed by atoms with van der Waals surface area (Å²) in [7, 11) is 0. The standard InChI is InChI=1S/C21H16Cl12/c1-15(18(22,23)24,19(25,26)27)17(13-9-5-3-6-10-13,14-11-7-4-8-12-14)16(2,20(28,29)30)21(31,32)33/h3-12H,1-2H3. The van der Waals surface area contributed by atoms with Crippen molar-refractivity contribution < 1.29 is 0 Å². The molecule has 0 amide bonds. The average molecular weight is 694 g/mol. The van der Waals surface area contributed by atoms with Gasteiger partial charge in [0.05, 0.1) is 10.8 Å². The molecule has 0 fully saturated rings. The summed E-state index contributed by atoms with van der Waals surface area (Å²) >= 11 is 79.6. The second-order valence-electron chi connectivity index (χ2n) is 7.72. The third-order valence-corrected chi connectivity index (χ3v) is 10.7. The van der Waals surface area contributed by atoms with Gasteiger partial charge in [0, 0.05) is 5.41 Å². The number of benzene rings is 2. The summed E-state index contributed by atoms with van der Waals surface area (Å²) in [6.07, 6.45) is 0. The highest BCUT2D eigenvalue weighted by Gasteiger charge is 2.81. The summed E-state index contributed by atoms with van der Waals surface area (Å²) in [6.45, 7) is 2.89. The Morgan fingerprint density at radius 2 is 0.606 bits per heavy atom. The average Bonchev–Trinajstić information content (AvgIpc) is 2.66. The van der Waals surface area contributed by atoms with Crippen LogP contribution in [0.4, 0.5) is 0 Å². The Morgan fingerprint density at radius 3 is 0.788 bits per heavy atom. The summed E-state index contributed by atoms with van der Waals surface area (Å²) in [5.41, 5.74) is -5.07. The first-order valence-corrected chi connectivity index (χ1v) is 13.6. The molecule has 2 aromatic carbocycles. The van der Waals surface area contributed by atoms with E-state index in [1.807, 2.05) is 0 Å². The molecule has 0 saturated carbocycles. The molecule has 0 unspecified atom stereocenters. The molecule has 0 spiro atoms. The van der Waals surface area contributed by atoms with Gasteiger partial charge in [-0.3, -0.25) is 0 Å². The Morgan fingerprint density at radius 1 is 0.394 bits per heavy atom. The van der Waals surface area contributed by atoms with Crippen molar-refractivity contribution >= 4 is 139 Å². The largest absolute Gasteiger partial charge is 0.201 e. The van der Waals surface area contributed by atoms with E-state index in [4.69, 9.17) is 139 Å². The third kappa shape index (κ3) is 4.91. The Balaban J connectivity index is 3.45. The normalized spacial score (nSPS) is 15.0. The molecule has 0 saturated heterocycles. The summed E-state index contributed by atoms with van der Waals surface area (Å²) in [5, 5.41) is 0. The first-order valence-electron chi connectivity index (χ1n) is 9.09. The van der Waals surface area contributed by atoms with Crippen molar-refractivity contribution in [2.24, 2.45) is 10.8 Å². The molecule has 0 aliphatic carbocycles. The second-order valence-corrected chi connectivity index (χ2v) is 16.8. The van der Waals surface area contributed by atoms with Crippen LogP contribution in [-0.2, 0) is 5.41 Å². The fourth-order valence-corrected chi connectivity index (χ4v) is 8.64. The monoisotopic (exact) mass is 688 g/mol. The molecule has 0 nitrogen and oxygen atoms in total. The van der Waals surface area contributed by atoms with E-state index in [2.05, 4.69) is 0 Å². The Kier molecular flexibility index (Phi) is 9.66. The molecular weight excluding hydrogens is 678 g/mol. The number of rotatable bonds is 4. The molecule has 2 rings (SSSR count). The van der Waals surface area contributed by atoms with Crippen LogP contribution in [0.1, 0.15) is 25.0 Å². The lowest BCUT2D eigenvalue weighted by Gasteiger charge is -2.65. The lowest BCUT2D eigenvalue weighted by molar-refractivity contribution is 0.0425. The minimum atomic E-state index is -2.31. The molecule has 0 bridgehead atoms. The summed E-state index contributed by atoms with van der Waals surface area (Å²) < 4.78 is -9.23. The highest BCUT2D eigenvalue weighted by atomic mass is 35.6. The Hall–Kier alpha value is 1.92. The molecule has 0 radical (unpaired) electrons. The molecule has 0 heterocycles. The third-order valence-electron chi connectivity index (χ3n) is 6.18. The van der Waals surface area contributed by atoms with Crippen LogP contribution in [0.2, 0.25) is 0 Å². The molecule has 0 aliphatic heterocycles. The van der Waals surface area contributed by atoms with E-state index in [-0.39, 0.29) is 0 Å². The van der Waals surface area contributed by atoms with Crippen LogP contribution >= 0.6 is 139 Å². The smallest absolute Gasteiger partial charge is 0.0828 e. The van der Waals surface area contributed by atoms with Crippen LogP contribution in [0, 0.1) is 10.8 Å². The van der Waals surface area contributed by atoms with Crippen LogP contribution in [0.5, 0.6) is 0 Å². The fraction of sp³-hybridized carbons (Fsp3) is 0.429. The van der Waals surface area contributed by atoms with Gasteiger partial charge in [0.1, 0.15) is 0 Å². The van der Waals surface area contributed by atoms with E-state index in [1.54, 1.807) is 60.7 Å². The molecule has 2 aromatic rings. The molecule has 0 aromatic heterocycles. The van der Waals surface area contributed by atoms with Gasteiger partial charge in [-0.25, -0.2) is 0 Å². The number of alkyl halides is 12. The van der Waals surface area contributed by atoms with Gasteiger partial charge in [0.25, 0.3) is 0 Å². The molecule has 12 heteroatoms. The predicted molar refractivity (Wildman–Crippen MR) is 151 cm³/mol. The summed E-state index contributed by atoms with van der Waals surface area (Å²) in [5.74, 6) is 0. The number of halogens is 12. The van der Waals surface area contributed by atoms with E-state index in [0.717, 1.165) is 0 Å². The van der Waals surface area contributed by atoms with Crippen LogP contribution < -0.4 is 0 Å². The van der Waals surface area contributed by atoms with Gasteiger partial charge < -0.3 is 0 Å². The highest BCUT2D eigenvalue weighted by molar-refractivity contribution is 6.75. The van der Waals surface area contributed by atoms with Gasteiger partial charge in [-0.05, 0) is 11.1 Å². The van der Waals surface area contributed by atoms with Gasteiger partial charge in [-0.15, -0.1) is 0 Å². The number of hydrogen-bond acceptors (Lipinski definition) is 0. The molecular formula is C21H16Cl12. The molecule has 0 N–H and O–H groups in total. The van der Waals surface area contributed by atoms with Crippen molar-refractivity contribution in [1.82, 2.24) is 0 Å². The van der Waals surface area contributed by atoms with Crippen LogP contribution in [0.15, 0.2) is 60.7 Å². The zero-order valence-electron chi connectivity index (χ0n) is 16.8. The van der Waals surface area contributed by atoms with Crippen molar-refractivity contribution in [2.45, 2.75) is 34.4 Å². The zero-order chi connectivity index (χ0) is 25.7. The Labute approximate surface area is 253 Å². The molecule has 0 atom stereocenters. The summed E-state index contributed by atoms with van der Waals surface area (Å²) in [6, 6.07) is 17.2. The predicted octanol–water partition coefficient (Wildman–Crippen LogP) is 11.5. The lowest BCUT2D eigenvalue weighted by atomic mass is 9.47. The first kappa shape index (κ1) is 31.1. The first-order chi connectivity index (χ1) is 14.7. The van der Waals surface area contributed by atoms with Crippen molar-refractivity contribution in [2.75, 3.05) is 0 Å². The molecule has 184 valence electrons. The van der Waals surface area contributed by atoms with E-state index in [0.29, 0.717) is 11.1 Å². The number of hydrogen-bond donors (Lipinski definition) is 0. The van der Waals surface area contributed by atoms with Crippen molar-refractivity contribution in [3.63, 3.8) is 0 Å². The SMILES string of the molecule is CC(C(Cl)(Cl)Cl)(C(Cl)(Cl)Cl)C(c1ccccc1)(c1ccccc1)C(C)(C(Cl)(Cl)Cl)C(Cl)(Cl)Cl. The van der Waals surface area contributed by atoms with Crippen LogP contribution in [-0.4, -0.2) is 15.2 Å². The minimum Gasteiger partial charge on any atom is -0.0828 e. The molecule has 0 aliphatic rings. The molecule has 33 heavy (non-hydrogen) atoms.